The Morgan fingerprint density at radius 1 is 1.04 bits per heavy atom. The molecule has 0 saturated heterocycles. The quantitative estimate of drug-likeness (QED) is 0.853. The van der Waals surface area contributed by atoms with E-state index in [1.165, 1.54) is 18.2 Å². The van der Waals surface area contributed by atoms with Crippen molar-refractivity contribution in [1.29, 1.82) is 0 Å². The lowest BCUT2D eigenvalue weighted by Gasteiger charge is -2.14. The SMILES string of the molecule is Cc1cc(Cl)ccc1S(=O)(=O)Nc1cc2c(cc1Cl)OCCCO2. The maximum absolute atomic E-state index is 12.6. The summed E-state index contributed by atoms with van der Waals surface area (Å²) in [4.78, 5) is 0.134. The van der Waals surface area contributed by atoms with E-state index in [2.05, 4.69) is 4.72 Å². The van der Waals surface area contributed by atoms with E-state index in [9.17, 15) is 8.42 Å². The van der Waals surface area contributed by atoms with Crippen LogP contribution in [0.4, 0.5) is 5.69 Å². The molecule has 0 amide bonds. The van der Waals surface area contributed by atoms with Crippen molar-refractivity contribution in [2.24, 2.45) is 0 Å². The van der Waals surface area contributed by atoms with Crippen molar-refractivity contribution in [3.8, 4) is 11.5 Å². The minimum atomic E-state index is -3.81. The molecule has 0 spiro atoms. The zero-order valence-corrected chi connectivity index (χ0v) is 15.1. The minimum absolute atomic E-state index is 0.134. The Morgan fingerprint density at radius 2 is 1.71 bits per heavy atom. The lowest BCUT2D eigenvalue weighted by molar-refractivity contribution is 0.297. The smallest absolute Gasteiger partial charge is 0.262 e. The molecule has 8 heteroatoms. The Hall–Kier alpha value is -1.63. The molecule has 1 aliphatic rings. The summed E-state index contributed by atoms with van der Waals surface area (Å²) in [6.45, 7) is 2.70. The highest BCUT2D eigenvalue weighted by molar-refractivity contribution is 7.92. The second-order valence-corrected chi connectivity index (χ2v) is 7.84. The lowest BCUT2D eigenvalue weighted by Crippen LogP contribution is -2.14. The van der Waals surface area contributed by atoms with E-state index in [-0.39, 0.29) is 15.6 Å². The van der Waals surface area contributed by atoms with Crippen molar-refractivity contribution in [2.45, 2.75) is 18.2 Å². The number of benzene rings is 2. The van der Waals surface area contributed by atoms with Gasteiger partial charge >= 0.3 is 0 Å². The number of nitrogens with one attached hydrogen (secondary N) is 1. The van der Waals surface area contributed by atoms with Gasteiger partial charge in [-0.1, -0.05) is 23.2 Å². The summed E-state index contributed by atoms with van der Waals surface area (Å²) >= 11 is 12.1. The lowest BCUT2D eigenvalue weighted by atomic mass is 10.2. The molecule has 0 atom stereocenters. The van der Waals surface area contributed by atoms with Crippen LogP contribution in [0.3, 0.4) is 0 Å². The van der Waals surface area contributed by atoms with Gasteiger partial charge in [0, 0.05) is 23.6 Å². The number of hydrogen-bond acceptors (Lipinski definition) is 4. The molecule has 0 aromatic heterocycles. The zero-order valence-electron chi connectivity index (χ0n) is 12.8. The summed E-state index contributed by atoms with van der Waals surface area (Å²) in [6, 6.07) is 7.65. The van der Waals surface area contributed by atoms with Crippen LogP contribution in [0.25, 0.3) is 0 Å². The minimum Gasteiger partial charge on any atom is -0.490 e. The van der Waals surface area contributed by atoms with E-state index in [0.29, 0.717) is 35.3 Å². The first-order chi connectivity index (χ1) is 11.4. The van der Waals surface area contributed by atoms with Gasteiger partial charge in [-0.2, -0.15) is 0 Å². The molecule has 3 rings (SSSR count). The maximum Gasteiger partial charge on any atom is 0.262 e. The van der Waals surface area contributed by atoms with E-state index >= 15 is 0 Å². The molecule has 0 fully saturated rings. The predicted molar refractivity (Wildman–Crippen MR) is 94.1 cm³/mol. The Bertz CT molecular complexity index is 884. The van der Waals surface area contributed by atoms with Crippen LogP contribution in [0.2, 0.25) is 10.0 Å². The third-order valence-electron chi connectivity index (χ3n) is 3.51. The van der Waals surface area contributed by atoms with Crippen molar-refractivity contribution in [2.75, 3.05) is 17.9 Å². The van der Waals surface area contributed by atoms with Crippen LogP contribution in [-0.2, 0) is 10.0 Å². The number of halogens is 2. The standard InChI is InChI=1S/C16H15Cl2NO4S/c1-10-7-11(17)3-4-16(10)24(20,21)19-13-9-15-14(8-12(13)18)22-5-2-6-23-15/h3-4,7-9,19H,2,5-6H2,1H3. The fraction of sp³-hybridized carbons (Fsp3) is 0.250. The number of hydrogen-bond donors (Lipinski definition) is 1. The number of aryl methyl sites for hydroxylation is 1. The molecule has 24 heavy (non-hydrogen) atoms. The number of anilines is 1. The van der Waals surface area contributed by atoms with E-state index in [4.69, 9.17) is 32.7 Å². The summed E-state index contributed by atoms with van der Waals surface area (Å²) in [5, 5.41) is 0.703. The average Bonchev–Trinajstić information content (AvgIpc) is 2.72. The second kappa shape index (κ2) is 6.70. The first kappa shape index (κ1) is 17.2. The van der Waals surface area contributed by atoms with Crippen LogP contribution in [0.1, 0.15) is 12.0 Å². The summed E-state index contributed by atoms with van der Waals surface area (Å²) in [6.07, 6.45) is 0.747. The summed E-state index contributed by atoms with van der Waals surface area (Å²) in [5.74, 6) is 0.963. The van der Waals surface area contributed by atoms with Crippen LogP contribution < -0.4 is 14.2 Å². The van der Waals surface area contributed by atoms with Crippen molar-refractivity contribution < 1.29 is 17.9 Å². The molecular formula is C16H15Cl2NO4S. The molecule has 1 heterocycles. The summed E-state index contributed by atoms with van der Waals surface area (Å²) in [7, 11) is -3.81. The molecule has 5 nitrogen and oxygen atoms in total. The second-order valence-electron chi connectivity index (χ2n) is 5.34. The number of sulfonamides is 1. The molecule has 1 N–H and O–H groups in total. The highest BCUT2D eigenvalue weighted by Gasteiger charge is 2.21. The molecule has 2 aromatic carbocycles. The zero-order chi connectivity index (χ0) is 17.3. The predicted octanol–water partition coefficient (Wildman–Crippen LogP) is 4.26. The number of fused-ring (bicyclic) bond motifs is 1. The van der Waals surface area contributed by atoms with Gasteiger partial charge in [-0.3, -0.25) is 4.72 Å². The molecule has 0 bridgehead atoms. The van der Waals surface area contributed by atoms with Gasteiger partial charge in [0.25, 0.3) is 10.0 Å². The van der Waals surface area contributed by atoms with Crippen LogP contribution in [0, 0.1) is 6.92 Å². The Morgan fingerprint density at radius 3 is 2.38 bits per heavy atom. The van der Waals surface area contributed by atoms with Gasteiger partial charge in [0.15, 0.2) is 11.5 Å². The summed E-state index contributed by atoms with van der Waals surface area (Å²) < 4.78 is 38.9. The molecule has 0 aliphatic carbocycles. The Kier molecular flexibility index (Phi) is 4.80. The molecule has 0 radical (unpaired) electrons. The largest absolute Gasteiger partial charge is 0.490 e. The third-order valence-corrected chi connectivity index (χ3v) is 5.58. The average molecular weight is 388 g/mol. The van der Waals surface area contributed by atoms with Crippen molar-refractivity contribution in [3.63, 3.8) is 0 Å². The van der Waals surface area contributed by atoms with E-state index < -0.39 is 10.0 Å². The van der Waals surface area contributed by atoms with Crippen molar-refractivity contribution in [1.82, 2.24) is 0 Å². The monoisotopic (exact) mass is 387 g/mol. The van der Waals surface area contributed by atoms with E-state index in [1.54, 1.807) is 19.1 Å². The molecule has 128 valence electrons. The first-order valence-corrected chi connectivity index (χ1v) is 9.49. The number of rotatable bonds is 3. The van der Waals surface area contributed by atoms with Crippen LogP contribution in [-0.4, -0.2) is 21.6 Å². The van der Waals surface area contributed by atoms with Gasteiger partial charge in [-0.05, 0) is 30.7 Å². The van der Waals surface area contributed by atoms with Gasteiger partial charge in [-0.25, -0.2) is 8.42 Å². The third kappa shape index (κ3) is 3.55. The molecule has 0 saturated carbocycles. The molecule has 1 aliphatic heterocycles. The highest BCUT2D eigenvalue weighted by atomic mass is 35.5. The summed E-state index contributed by atoms with van der Waals surface area (Å²) in [5.41, 5.74) is 0.774. The highest BCUT2D eigenvalue weighted by Crippen LogP contribution is 2.38. The maximum atomic E-state index is 12.6. The first-order valence-electron chi connectivity index (χ1n) is 7.25. The molecule has 2 aromatic rings. The van der Waals surface area contributed by atoms with E-state index in [0.717, 1.165) is 6.42 Å². The van der Waals surface area contributed by atoms with Gasteiger partial charge < -0.3 is 9.47 Å². The van der Waals surface area contributed by atoms with E-state index in [1.807, 2.05) is 0 Å². The van der Waals surface area contributed by atoms with Gasteiger partial charge in [0.1, 0.15) is 0 Å². The normalized spacial score (nSPS) is 14.1. The fourth-order valence-electron chi connectivity index (χ4n) is 2.38. The van der Waals surface area contributed by atoms with Crippen LogP contribution >= 0.6 is 23.2 Å². The van der Waals surface area contributed by atoms with Gasteiger partial charge in [0.2, 0.25) is 0 Å². The topological polar surface area (TPSA) is 64.6 Å². The van der Waals surface area contributed by atoms with Crippen molar-refractivity contribution >= 4 is 38.9 Å². The Labute approximate surface area is 150 Å². The molecular weight excluding hydrogens is 373 g/mol. The number of ether oxygens (including phenoxy) is 2. The molecule has 0 unspecified atom stereocenters. The van der Waals surface area contributed by atoms with Gasteiger partial charge in [0.05, 0.1) is 28.8 Å². The van der Waals surface area contributed by atoms with Crippen LogP contribution in [0.15, 0.2) is 35.2 Å². The van der Waals surface area contributed by atoms with Crippen molar-refractivity contribution in [3.05, 3.63) is 45.9 Å². The Balaban J connectivity index is 1.96. The van der Waals surface area contributed by atoms with Crippen LogP contribution in [0.5, 0.6) is 11.5 Å². The fourth-order valence-corrected chi connectivity index (χ4v) is 4.16. The van der Waals surface area contributed by atoms with Gasteiger partial charge in [-0.15, -0.1) is 0 Å².